The molecule has 0 aliphatic carbocycles. The number of aromatic carboxylic acids is 1. The highest BCUT2D eigenvalue weighted by Crippen LogP contribution is 2.21. The first-order valence-electron chi connectivity index (χ1n) is 12.6. The minimum atomic E-state index is -1.18. The zero-order chi connectivity index (χ0) is 22.7. The lowest BCUT2D eigenvalue weighted by molar-refractivity contribution is 0.0378. The number of hydrogen-bond donors (Lipinski definition) is 1. The molecule has 0 bridgehead atoms. The van der Waals surface area contributed by atoms with Crippen molar-refractivity contribution in [2.75, 3.05) is 6.61 Å². The summed E-state index contributed by atoms with van der Waals surface area (Å²) in [6.07, 6.45) is 21.1. The van der Waals surface area contributed by atoms with E-state index in [9.17, 15) is 9.59 Å². The molecule has 1 atom stereocenters. The van der Waals surface area contributed by atoms with Crippen molar-refractivity contribution in [3.63, 3.8) is 0 Å². The number of unbranched alkanes of at least 4 members (excludes halogenated alkanes) is 12. The van der Waals surface area contributed by atoms with Gasteiger partial charge in [0.1, 0.15) is 5.56 Å². The Kier molecular flexibility index (Phi) is 15.7. The molecule has 1 rings (SSSR count). The van der Waals surface area contributed by atoms with Crippen molar-refractivity contribution < 1.29 is 23.8 Å². The smallest absolute Gasteiger partial charge is 0.375 e. The van der Waals surface area contributed by atoms with Crippen LogP contribution in [0.5, 0.6) is 0 Å². The Bertz CT molecular complexity index is 592. The van der Waals surface area contributed by atoms with E-state index in [2.05, 4.69) is 13.8 Å². The van der Waals surface area contributed by atoms with Crippen molar-refractivity contribution in [3.8, 4) is 0 Å². The third kappa shape index (κ3) is 12.6. The first kappa shape index (κ1) is 27.3. The SMILES string of the molecule is CCCCCCCCCCC(CCCCCCCC)COC(=O)c1occc1C(=O)O. The topological polar surface area (TPSA) is 76.7 Å². The lowest BCUT2D eigenvalue weighted by Gasteiger charge is -2.17. The van der Waals surface area contributed by atoms with Crippen molar-refractivity contribution in [2.24, 2.45) is 5.92 Å². The van der Waals surface area contributed by atoms with E-state index < -0.39 is 11.9 Å². The predicted molar refractivity (Wildman–Crippen MR) is 125 cm³/mol. The van der Waals surface area contributed by atoms with Crippen molar-refractivity contribution in [2.45, 2.75) is 117 Å². The fourth-order valence-corrected chi connectivity index (χ4v) is 3.99. The number of esters is 1. The molecule has 0 saturated carbocycles. The molecule has 1 unspecified atom stereocenters. The number of carboxylic acid groups (broad SMARTS) is 1. The first-order valence-corrected chi connectivity index (χ1v) is 12.6. The summed E-state index contributed by atoms with van der Waals surface area (Å²) in [5.74, 6) is -1.73. The summed E-state index contributed by atoms with van der Waals surface area (Å²) in [5.41, 5.74) is -0.138. The zero-order valence-electron chi connectivity index (χ0n) is 19.8. The van der Waals surface area contributed by atoms with E-state index in [1.54, 1.807) is 0 Å². The van der Waals surface area contributed by atoms with Crippen molar-refractivity contribution >= 4 is 11.9 Å². The molecule has 31 heavy (non-hydrogen) atoms. The van der Waals surface area contributed by atoms with Gasteiger partial charge in [-0.05, 0) is 24.8 Å². The van der Waals surface area contributed by atoms with Crippen molar-refractivity contribution in [3.05, 3.63) is 23.7 Å². The highest BCUT2D eigenvalue weighted by Gasteiger charge is 2.22. The Balaban J connectivity index is 2.39. The number of carbonyl (C=O) groups is 2. The van der Waals surface area contributed by atoms with Crippen LogP contribution >= 0.6 is 0 Å². The number of ether oxygens (including phenoxy) is 1. The van der Waals surface area contributed by atoms with Crippen molar-refractivity contribution in [1.29, 1.82) is 0 Å². The van der Waals surface area contributed by atoms with Crippen LogP contribution in [0.15, 0.2) is 16.7 Å². The molecule has 0 aliphatic rings. The summed E-state index contributed by atoms with van der Waals surface area (Å²) in [7, 11) is 0. The Labute approximate surface area is 188 Å². The van der Waals surface area contributed by atoms with Gasteiger partial charge in [0.15, 0.2) is 0 Å². The van der Waals surface area contributed by atoms with Gasteiger partial charge in [0, 0.05) is 0 Å². The van der Waals surface area contributed by atoms with Gasteiger partial charge in [0.05, 0.1) is 12.9 Å². The van der Waals surface area contributed by atoms with Crippen molar-refractivity contribution in [1.82, 2.24) is 0 Å². The number of carbonyl (C=O) groups excluding carboxylic acids is 1. The van der Waals surface area contributed by atoms with Gasteiger partial charge in [-0.25, -0.2) is 9.59 Å². The molecule has 0 saturated heterocycles. The highest BCUT2D eigenvalue weighted by atomic mass is 16.5. The van der Waals surface area contributed by atoms with Crippen LogP contribution in [-0.4, -0.2) is 23.7 Å². The molecule has 0 aromatic carbocycles. The van der Waals surface area contributed by atoms with Gasteiger partial charge in [-0.2, -0.15) is 0 Å². The van der Waals surface area contributed by atoms with Gasteiger partial charge in [-0.15, -0.1) is 0 Å². The molecule has 1 aromatic rings. The molecule has 1 heterocycles. The van der Waals surface area contributed by atoms with E-state index in [1.807, 2.05) is 0 Å². The van der Waals surface area contributed by atoms with Crippen LogP contribution in [0.3, 0.4) is 0 Å². The molecule has 1 aromatic heterocycles. The van der Waals surface area contributed by atoms with E-state index >= 15 is 0 Å². The Hall–Kier alpha value is -1.78. The van der Waals surface area contributed by atoms with E-state index in [4.69, 9.17) is 14.3 Å². The maximum Gasteiger partial charge on any atom is 0.375 e. The summed E-state index contributed by atoms with van der Waals surface area (Å²) >= 11 is 0. The third-order valence-electron chi connectivity index (χ3n) is 5.96. The average Bonchev–Trinajstić information content (AvgIpc) is 3.26. The average molecular weight is 437 g/mol. The molecule has 0 amide bonds. The van der Waals surface area contributed by atoms with E-state index in [1.165, 1.54) is 89.4 Å². The molecular weight excluding hydrogens is 392 g/mol. The second-order valence-electron chi connectivity index (χ2n) is 8.75. The summed E-state index contributed by atoms with van der Waals surface area (Å²) in [6, 6.07) is 1.28. The second-order valence-corrected chi connectivity index (χ2v) is 8.75. The lowest BCUT2D eigenvalue weighted by Crippen LogP contribution is -2.16. The normalized spacial score (nSPS) is 12.1. The summed E-state index contributed by atoms with van der Waals surface area (Å²) < 4.78 is 10.5. The van der Waals surface area contributed by atoms with Gasteiger partial charge in [-0.1, -0.05) is 104 Å². The number of hydrogen-bond acceptors (Lipinski definition) is 4. The molecule has 5 nitrogen and oxygen atoms in total. The van der Waals surface area contributed by atoms with Gasteiger partial charge >= 0.3 is 11.9 Å². The third-order valence-corrected chi connectivity index (χ3v) is 5.96. The Morgan fingerprint density at radius 2 is 1.32 bits per heavy atom. The Morgan fingerprint density at radius 1 is 0.839 bits per heavy atom. The van der Waals surface area contributed by atoms with Crippen LogP contribution < -0.4 is 0 Å². The largest absolute Gasteiger partial charge is 0.478 e. The summed E-state index contributed by atoms with van der Waals surface area (Å²) in [6.45, 7) is 4.80. The molecule has 5 heteroatoms. The van der Waals surface area contributed by atoms with Gasteiger partial charge in [-0.3, -0.25) is 0 Å². The first-order chi connectivity index (χ1) is 15.1. The maximum absolute atomic E-state index is 12.3. The van der Waals surface area contributed by atoms with Gasteiger partial charge < -0.3 is 14.3 Å². The van der Waals surface area contributed by atoms with Crippen LogP contribution in [0.2, 0.25) is 0 Å². The molecule has 178 valence electrons. The maximum atomic E-state index is 12.3. The standard InChI is InChI=1S/C26H44O5/c1-3-5-7-9-11-12-14-16-18-22(17-15-13-10-8-6-4-2)21-31-26(29)24-23(25(27)28)19-20-30-24/h19-20,22H,3-18,21H2,1-2H3,(H,27,28). The minimum absolute atomic E-state index is 0.138. The molecule has 0 fully saturated rings. The number of carboxylic acids is 1. The van der Waals surface area contributed by atoms with Crippen LogP contribution in [0.4, 0.5) is 0 Å². The van der Waals surface area contributed by atoms with E-state index in [0.29, 0.717) is 12.5 Å². The van der Waals surface area contributed by atoms with Gasteiger partial charge in [0.2, 0.25) is 5.76 Å². The molecule has 0 radical (unpaired) electrons. The van der Waals surface area contributed by atoms with Gasteiger partial charge in [0.25, 0.3) is 0 Å². The molecule has 1 N–H and O–H groups in total. The van der Waals surface area contributed by atoms with Crippen LogP contribution in [0.1, 0.15) is 137 Å². The van der Waals surface area contributed by atoms with Crippen LogP contribution in [-0.2, 0) is 4.74 Å². The zero-order valence-corrected chi connectivity index (χ0v) is 19.8. The Morgan fingerprint density at radius 3 is 1.81 bits per heavy atom. The van der Waals surface area contributed by atoms with E-state index in [-0.39, 0.29) is 11.3 Å². The highest BCUT2D eigenvalue weighted by molar-refractivity contribution is 6.00. The monoisotopic (exact) mass is 436 g/mol. The molecular formula is C26H44O5. The van der Waals surface area contributed by atoms with Crippen LogP contribution in [0.25, 0.3) is 0 Å². The van der Waals surface area contributed by atoms with E-state index in [0.717, 1.165) is 25.7 Å². The minimum Gasteiger partial charge on any atom is -0.478 e. The number of furan rings is 1. The van der Waals surface area contributed by atoms with Crippen LogP contribution in [0, 0.1) is 5.92 Å². The summed E-state index contributed by atoms with van der Waals surface area (Å²) in [5, 5.41) is 9.15. The fourth-order valence-electron chi connectivity index (χ4n) is 3.99. The second kappa shape index (κ2) is 17.9. The fraction of sp³-hybridized carbons (Fsp3) is 0.769. The summed E-state index contributed by atoms with van der Waals surface area (Å²) in [4.78, 5) is 23.5. The molecule has 0 aliphatic heterocycles. The molecule has 0 spiro atoms. The predicted octanol–water partition coefficient (Wildman–Crippen LogP) is 8.03. The number of rotatable bonds is 20. The lowest BCUT2D eigenvalue weighted by atomic mass is 9.94. The quantitative estimate of drug-likeness (QED) is 0.165.